The zero-order valence-corrected chi connectivity index (χ0v) is 17.9. The Morgan fingerprint density at radius 1 is 1.00 bits per heavy atom. The fourth-order valence-corrected chi connectivity index (χ4v) is 3.01. The number of benzene rings is 2. The van der Waals surface area contributed by atoms with Crippen LogP contribution in [-0.2, 0) is 16.1 Å². The van der Waals surface area contributed by atoms with Gasteiger partial charge in [-0.25, -0.2) is 15.0 Å². The Bertz CT molecular complexity index is 1190. The number of rotatable bonds is 8. The molecule has 0 aliphatic heterocycles. The largest absolute Gasteiger partial charge is 0.439 e. The van der Waals surface area contributed by atoms with Crippen LogP contribution in [0.4, 0.5) is 5.69 Å². The summed E-state index contributed by atoms with van der Waals surface area (Å²) in [6.07, 6.45) is 3.17. The van der Waals surface area contributed by atoms with E-state index < -0.39 is 0 Å². The summed E-state index contributed by atoms with van der Waals surface area (Å²) in [6.45, 7) is 4.29. The molecular weight excluding hydrogens is 406 g/mol. The van der Waals surface area contributed by atoms with Crippen LogP contribution in [0, 0.1) is 13.8 Å². The highest BCUT2D eigenvalue weighted by Gasteiger charge is 2.09. The number of carbonyl (C=O) groups excluding carboxylic acids is 1. The molecule has 1 amide bonds. The van der Waals surface area contributed by atoms with Crippen LogP contribution in [-0.4, -0.2) is 32.0 Å². The van der Waals surface area contributed by atoms with Gasteiger partial charge in [-0.2, -0.15) is 0 Å². The van der Waals surface area contributed by atoms with E-state index in [0.717, 1.165) is 17.0 Å². The molecule has 4 rings (SSSR count). The van der Waals surface area contributed by atoms with Crippen molar-refractivity contribution in [2.24, 2.45) is 0 Å². The number of ether oxygens (including phenoxy) is 2. The molecule has 32 heavy (non-hydrogen) atoms. The van der Waals surface area contributed by atoms with Crippen LogP contribution in [0.1, 0.15) is 17.0 Å². The van der Waals surface area contributed by atoms with E-state index in [1.54, 1.807) is 36.7 Å². The molecule has 0 aliphatic carbocycles. The Morgan fingerprint density at radius 3 is 2.50 bits per heavy atom. The lowest BCUT2D eigenvalue weighted by molar-refractivity contribution is -0.121. The van der Waals surface area contributed by atoms with Gasteiger partial charge in [-0.3, -0.25) is 9.36 Å². The highest BCUT2D eigenvalue weighted by molar-refractivity contribution is 5.91. The minimum atomic E-state index is -0.221. The molecule has 0 fully saturated rings. The van der Waals surface area contributed by atoms with Gasteiger partial charge >= 0.3 is 0 Å². The summed E-state index contributed by atoms with van der Waals surface area (Å²) < 4.78 is 13.2. The second-order valence-corrected chi connectivity index (χ2v) is 7.15. The van der Waals surface area contributed by atoms with E-state index in [0.29, 0.717) is 29.7 Å². The molecule has 4 aromatic rings. The van der Waals surface area contributed by atoms with E-state index in [1.807, 2.05) is 48.7 Å². The molecule has 0 unspecified atom stereocenters. The molecule has 0 atom stereocenters. The van der Waals surface area contributed by atoms with Crippen LogP contribution in [0.15, 0.2) is 73.3 Å². The van der Waals surface area contributed by atoms with Gasteiger partial charge in [0.15, 0.2) is 0 Å². The summed E-state index contributed by atoms with van der Waals surface area (Å²) in [5.41, 5.74) is 3.61. The van der Waals surface area contributed by atoms with Crippen LogP contribution in [0.2, 0.25) is 0 Å². The van der Waals surface area contributed by atoms with Crippen molar-refractivity contribution < 1.29 is 14.3 Å². The number of aryl methyl sites for hydroxylation is 1. The normalized spacial score (nSPS) is 10.7. The molecule has 0 radical (unpaired) electrons. The van der Waals surface area contributed by atoms with E-state index in [9.17, 15) is 4.79 Å². The average Bonchev–Trinajstić information content (AvgIpc) is 3.14. The molecule has 8 heteroatoms. The van der Waals surface area contributed by atoms with Crippen molar-refractivity contribution in [1.29, 1.82) is 0 Å². The molecule has 162 valence electrons. The van der Waals surface area contributed by atoms with E-state index in [2.05, 4.69) is 20.3 Å². The average molecular weight is 429 g/mol. The monoisotopic (exact) mass is 429 g/mol. The maximum absolute atomic E-state index is 12.1. The first-order valence-corrected chi connectivity index (χ1v) is 10.1. The second kappa shape index (κ2) is 9.84. The lowest BCUT2D eigenvalue weighted by Crippen LogP contribution is -2.18. The summed E-state index contributed by atoms with van der Waals surface area (Å²) in [7, 11) is 0. The predicted octanol–water partition coefficient (Wildman–Crippen LogP) is 4.23. The van der Waals surface area contributed by atoms with Gasteiger partial charge in [-0.05, 0) is 43.7 Å². The van der Waals surface area contributed by atoms with E-state index in [1.165, 1.54) is 6.33 Å². The maximum atomic E-state index is 12.1. The van der Waals surface area contributed by atoms with Gasteiger partial charge in [-0.15, -0.1) is 0 Å². The highest BCUT2D eigenvalue weighted by Crippen LogP contribution is 2.23. The topological polar surface area (TPSA) is 91.2 Å². The van der Waals surface area contributed by atoms with Crippen molar-refractivity contribution >= 4 is 11.6 Å². The van der Waals surface area contributed by atoms with Crippen LogP contribution < -0.4 is 10.1 Å². The fraction of sp³-hybridized carbons (Fsp3) is 0.167. The zero-order valence-electron chi connectivity index (χ0n) is 17.9. The van der Waals surface area contributed by atoms with Crippen LogP contribution in [0.3, 0.4) is 0 Å². The Kier molecular flexibility index (Phi) is 6.52. The molecule has 0 aliphatic rings. The van der Waals surface area contributed by atoms with Crippen LogP contribution >= 0.6 is 0 Å². The van der Waals surface area contributed by atoms with Crippen LogP contribution in [0.25, 0.3) is 5.82 Å². The molecule has 0 bridgehead atoms. The molecular formula is C24H23N5O3. The number of anilines is 1. The number of carbonyl (C=O) groups is 1. The molecule has 0 saturated carbocycles. The quantitative estimate of drug-likeness (QED) is 0.451. The molecule has 2 heterocycles. The third-order valence-corrected chi connectivity index (χ3v) is 4.83. The first-order chi connectivity index (χ1) is 15.6. The summed E-state index contributed by atoms with van der Waals surface area (Å²) in [6, 6.07) is 18.5. The summed E-state index contributed by atoms with van der Waals surface area (Å²) in [5.74, 6) is 1.45. The molecule has 1 N–H and O–H groups in total. The van der Waals surface area contributed by atoms with Crippen molar-refractivity contribution in [3.63, 3.8) is 0 Å². The van der Waals surface area contributed by atoms with Crippen LogP contribution in [0.5, 0.6) is 11.6 Å². The van der Waals surface area contributed by atoms with Gasteiger partial charge in [-0.1, -0.05) is 30.3 Å². The Balaban J connectivity index is 1.31. The standard InChI is InChI=1S/C24H23N5O3/c1-17-18(2)29(16-27-17)22-12-24(26-15-25-22)32-21-10-8-20(9-11-21)28-23(30)14-31-13-19-6-4-3-5-7-19/h3-12,15-16H,13-14H2,1-2H3,(H,28,30). The summed E-state index contributed by atoms with van der Waals surface area (Å²) in [4.78, 5) is 24.8. The SMILES string of the molecule is Cc1ncn(-c2cc(Oc3ccc(NC(=O)COCc4ccccc4)cc3)ncn2)c1C. The van der Waals surface area contributed by atoms with Crippen molar-refractivity contribution in [2.45, 2.75) is 20.5 Å². The van der Waals surface area contributed by atoms with Gasteiger partial charge < -0.3 is 14.8 Å². The predicted molar refractivity (Wildman–Crippen MR) is 120 cm³/mol. The number of nitrogens with zero attached hydrogens (tertiary/aromatic N) is 4. The Hall–Kier alpha value is -4.04. The highest BCUT2D eigenvalue weighted by atomic mass is 16.5. The molecule has 0 saturated heterocycles. The number of hydrogen-bond donors (Lipinski definition) is 1. The number of aromatic nitrogens is 4. The number of hydrogen-bond acceptors (Lipinski definition) is 6. The molecule has 2 aromatic heterocycles. The number of amides is 1. The first-order valence-electron chi connectivity index (χ1n) is 10.1. The van der Waals surface area contributed by atoms with Crippen molar-refractivity contribution in [2.75, 3.05) is 11.9 Å². The molecule has 0 spiro atoms. The van der Waals surface area contributed by atoms with Crippen molar-refractivity contribution in [3.05, 3.63) is 90.3 Å². The molecule has 2 aromatic carbocycles. The smallest absolute Gasteiger partial charge is 0.250 e. The maximum Gasteiger partial charge on any atom is 0.250 e. The number of imidazole rings is 1. The van der Waals surface area contributed by atoms with Crippen molar-refractivity contribution in [1.82, 2.24) is 19.5 Å². The third kappa shape index (κ3) is 5.35. The summed E-state index contributed by atoms with van der Waals surface area (Å²) in [5, 5.41) is 2.80. The van der Waals surface area contributed by atoms with Gasteiger partial charge in [0.05, 0.1) is 12.3 Å². The Labute approximate surface area is 185 Å². The number of nitrogens with one attached hydrogen (secondary N) is 1. The van der Waals surface area contributed by atoms with Gasteiger partial charge in [0.2, 0.25) is 11.8 Å². The van der Waals surface area contributed by atoms with E-state index in [4.69, 9.17) is 9.47 Å². The van der Waals surface area contributed by atoms with Crippen molar-refractivity contribution in [3.8, 4) is 17.4 Å². The zero-order chi connectivity index (χ0) is 22.3. The molecule has 8 nitrogen and oxygen atoms in total. The lowest BCUT2D eigenvalue weighted by Gasteiger charge is -2.09. The second-order valence-electron chi connectivity index (χ2n) is 7.15. The minimum absolute atomic E-state index is 0.0238. The van der Waals surface area contributed by atoms with Gasteiger partial charge in [0, 0.05) is 17.4 Å². The minimum Gasteiger partial charge on any atom is -0.439 e. The van der Waals surface area contributed by atoms with Gasteiger partial charge in [0.1, 0.15) is 30.8 Å². The fourth-order valence-electron chi connectivity index (χ4n) is 3.01. The van der Waals surface area contributed by atoms with E-state index >= 15 is 0 Å². The third-order valence-electron chi connectivity index (χ3n) is 4.83. The summed E-state index contributed by atoms with van der Waals surface area (Å²) >= 11 is 0. The Morgan fingerprint density at radius 2 is 1.78 bits per heavy atom. The van der Waals surface area contributed by atoms with E-state index in [-0.39, 0.29) is 12.5 Å². The lowest BCUT2D eigenvalue weighted by atomic mass is 10.2. The first kappa shape index (κ1) is 21.2. The van der Waals surface area contributed by atoms with Gasteiger partial charge in [0.25, 0.3) is 0 Å².